The zero-order chi connectivity index (χ0) is 28.0. The highest BCUT2D eigenvalue weighted by molar-refractivity contribution is 7.89. The standard InChI is InChI=1S/C31H30N4O3S/c1-31(2,3)35-39(37,38)28-15-8-7-14-27(28)23-16-18-25(19-17-23)33-29(24-11-5-4-6-12-24)30(36)34-26-13-9-10-22(20-26)21-32/h4-20,29,33,35H,1-3H3,(H,34,36). The highest BCUT2D eigenvalue weighted by Crippen LogP contribution is 2.30. The van der Waals surface area contributed by atoms with Crippen LogP contribution in [-0.2, 0) is 14.8 Å². The molecule has 7 nitrogen and oxygen atoms in total. The van der Waals surface area contributed by atoms with E-state index in [9.17, 15) is 18.5 Å². The third-order valence-electron chi connectivity index (χ3n) is 5.78. The lowest BCUT2D eigenvalue weighted by Gasteiger charge is -2.22. The molecule has 1 amide bonds. The molecule has 198 valence electrons. The maximum Gasteiger partial charge on any atom is 0.251 e. The SMILES string of the molecule is CC(C)(C)NS(=O)(=O)c1ccccc1-c1ccc(NC(C(=O)Nc2cccc(C#N)c2)c2ccccc2)cc1. The number of benzene rings is 4. The molecule has 0 aliphatic heterocycles. The molecule has 0 spiro atoms. The molecule has 39 heavy (non-hydrogen) atoms. The van der Waals surface area contributed by atoms with Crippen LogP contribution in [0.25, 0.3) is 11.1 Å². The van der Waals surface area contributed by atoms with Gasteiger partial charge in [0.2, 0.25) is 10.0 Å². The van der Waals surface area contributed by atoms with Crippen molar-refractivity contribution in [1.29, 1.82) is 5.26 Å². The average molecular weight is 539 g/mol. The number of amides is 1. The zero-order valence-corrected chi connectivity index (χ0v) is 22.8. The van der Waals surface area contributed by atoms with Crippen molar-refractivity contribution in [3.63, 3.8) is 0 Å². The Morgan fingerprint density at radius 1 is 0.821 bits per heavy atom. The van der Waals surface area contributed by atoms with Gasteiger partial charge in [-0.3, -0.25) is 4.79 Å². The average Bonchev–Trinajstić information content (AvgIpc) is 2.91. The van der Waals surface area contributed by atoms with Crippen molar-refractivity contribution in [3.8, 4) is 17.2 Å². The second kappa shape index (κ2) is 11.5. The molecule has 0 heterocycles. The minimum atomic E-state index is -3.75. The molecule has 4 aromatic rings. The predicted octanol–water partition coefficient (Wildman–Crippen LogP) is 6.09. The van der Waals surface area contributed by atoms with Gasteiger partial charge in [-0.1, -0.05) is 66.7 Å². The number of nitriles is 1. The third kappa shape index (κ3) is 7.11. The van der Waals surface area contributed by atoms with Crippen molar-refractivity contribution >= 4 is 27.3 Å². The van der Waals surface area contributed by atoms with E-state index in [4.69, 9.17) is 0 Å². The van der Waals surface area contributed by atoms with Crippen LogP contribution in [0.15, 0.2) is 108 Å². The van der Waals surface area contributed by atoms with Crippen molar-refractivity contribution in [1.82, 2.24) is 4.72 Å². The van der Waals surface area contributed by atoms with E-state index in [1.54, 1.807) is 69.3 Å². The first kappa shape index (κ1) is 27.6. The Morgan fingerprint density at radius 2 is 1.49 bits per heavy atom. The summed E-state index contributed by atoms with van der Waals surface area (Å²) in [6, 6.07) is 31.6. The van der Waals surface area contributed by atoms with Gasteiger partial charge in [0.25, 0.3) is 5.91 Å². The second-order valence-electron chi connectivity index (χ2n) is 10.1. The van der Waals surface area contributed by atoms with Crippen molar-refractivity contribution < 1.29 is 13.2 Å². The molecule has 4 rings (SSSR count). The largest absolute Gasteiger partial charge is 0.370 e. The number of nitrogens with zero attached hydrogens (tertiary/aromatic N) is 1. The third-order valence-corrected chi connectivity index (χ3v) is 7.59. The van der Waals surface area contributed by atoms with Gasteiger partial charge in [-0.2, -0.15) is 5.26 Å². The van der Waals surface area contributed by atoms with Gasteiger partial charge < -0.3 is 10.6 Å². The lowest BCUT2D eigenvalue weighted by Crippen LogP contribution is -2.40. The Hall–Kier alpha value is -4.45. The molecule has 4 aromatic carbocycles. The minimum absolute atomic E-state index is 0.196. The summed E-state index contributed by atoms with van der Waals surface area (Å²) in [5.41, 5.74) is 3.11. The van der Waals surface area contributed by atoms with Crippen LogP contribution >= 0.6 is 0 Å². The highest BCUT2D eigenvalue weighted by atomic mass is 32.2. The van der Waals surface area contributed by atoms with E-state index in [0.717, 1.165) is 11.1 Å². The first-order valence-corrected chi connectivity index (χ1v) is 13.9. The molecule has 0 aliphatic carbocycles. The summed E-state index contributed by atoms with van der Waals surface area (Å²) in [5, 5.41) is 15.4. The first-order valence-electron chi connectivity index (χ1n) is 12.4. The number of carbonyl (C=O) groups is 1. The van der Waals surface area contributed by atoms with Gasteiger partial charge in [0.1, 0.15) is 6.04 Å². The summed E-state index contributed by atoms with van der Waals surface area (Å²) < 4.78 is 28.9. The number of sulfonamides is 1. The molecular formula is C31H30N4O3S. The minimum Gasteiger partial charge on any atom is -0.370 e. The van der Waals surface area contributed by atoms with Crippen LogP contribution in [-0.4, -0.2) is 19.9 Å². The molecule has 0 aliphatic rings. The van der Waals surface area contributed by atoms with Crippen LogP contribution in [0.1, 0.15) is 37.9 Å². The Bertz CT molecular complexity index is 1600. The summed E-state index contributed by atoms with van der Waals surface area (Å²) >= 11 is 0. The first-order chi connectivity index (χ1) is 18.6. The van der Waals surface area contributed by atoms with Crippen LogP contribution < -0.4 is 15.4 Å². The van der Waals surface area contributed by atoms with Gasteiger partial charge in [-0.15, -0.1) is 0 Å². The van der Waals surface area contributed by atoms with E-state index in [1.807, 2.05) is 54.6 Å². The van der Waals surface area contributed by atoms with Gasteiger partial charge in [0.05, 0.1) is 16.5 Å². The monoisotopic (exact) mass is 538 g/mol. The maximum absolute atomic E-state index is 13.3. The van der Waals surface area contributed by atoms with Gasteiger partial charge in [0.15, 0.2) is 0 Å². The zero-order valence-electron chi connectivity index (χ0n) is 22.0. The normalized spacial score (nSPS) is 12.3. The molecule has 0 saturated heterocycles. The summed E-state index contributed by atoms with van der Waals surface area (Å²) in [6.45, 7) is 5.40. The van der Waals surface area contributed by atoms with Crippen LogP contribution in [0.4, 0.5) is 11.4 Å². The second-order valence-corrected chi connectivity index (χ2v) is 11.7. The van der Waals surface area contributed by atoms with E-state index >= 15 is 0 Å². The fraction of sp³-hybridized carbons (Fsp3) is 0.161. The number of nitrogens with one attached hydrogen (secondary N) is 3. The smallest absolute Gasteiger partial charge is 0.251 e. The summed E-state index contributed by atoms with van der Waals surface area (Å²) in [6.07, 6.45) is 0. The number of hydrogen-bond acceptors (Lipinski definition) is 5. The van der Waals surface area contributed by atoms with Gasteiger partial charge in [0, 0.05) is 22.5 Å². The number of hydrogen-bond donors (Lipinski definition) is 3. The molecule has 0 radical (unpaired) electrons. The number of carbonyl (C=O) groups excluding carboxylic acids is 1. The Kier molecular flexibility index (Phi) is 8.15. The Labute approximate surface area is 229 Å². The summed E-state index contributed by atoms with van der Waals surface area (Å²) in [7, 11) is -3.75. The van der Waals surface area contributed by atoms with Crippen molar-refractivity contribution in [2.24, 2.45) is 0 Å². The van der Waals surface area contributed by atoms with Crippen molar-refractivity contribution in [2.75, 3.05) is 10.6 Å². The Morgan fingerprint density at radius 3 is 2.15 bits per heavy atom. The number of rotatable bonds is 8. The molecule has 1 unspecified atom stereocenters. The van der Waals surface area contributed by atoms with E-state index in [2.05, 4.69) is 21.4 Å². The van der Waals surface area contributed by atoms with E-state index in [-0.39, 0.29) is 10.8 Å². The van der Waals surface area contributed by atoms with Gasteiger partial charge in [-0.25, -0.2) is 13.1 Å². The predicted molar refractivity (Wildman–Crippen MR) is 155 cm³/mol. The molecule has 3 N–H and O–H groups in total. The van der Waals surface area contributed by atoms with Gasteiger partial charge >= 0.3 is 0 Å². The summed E-state index contributed by atoms with van der Waals surface area (Å²) in [5.74, 6) is -0.287. The Balaban J connectivity index is 1.61. The van der Waals surface area contributed by atoms with Crippen LogP contribution in [0.3, 0.4) is 0 Å². The fourth-order valence-corrected chi connectivity index (χ4v) is 5.79. The molecule has 0 bridgehead atoms. The molecule has 0 fully saturated rings. The van der Waals surface area contributed by atoms with Crippen LogP contribution in [0.2, 0.25) is 0 Å². The summed E-state index contributed by atoms with van der Waals surface area (Å²) in [4.78, 5) is 13.5. The van der Waals surface area contributed by atoms with Crippen LogP contribution in [0, 0.1) is 11.3 Å². The molecule has 1 atom stereocenters. The van der Waals surface area contributed by atoms with E-state index in [0.29, 0.717) is 22.5 Å². The van der Waals surface area contributed by atoms with Crippen molar-refractivity contribution in [3.05, 3.63) is 114 Å². The lowest BCUT2D eigenvalue weighted by atomic mass is 10.0. The van der Waals surface area contributed by atoms with E-state index < -0.39 is 21.6 Å². The van der Waals surface area contributed by atoms with E-state index in [1.165, 1.54) is 0 Å². The van der Waals surface area contributed by atoms with Crippen molar-refractivity contribution in [2.45, 2.75) is 37.2 Å². The topological polar surface area (TPSA) is 111 Å². The van der Waals surface area contributed by atoms with Crippen LogP contribution in [0.5, 0.6) is 0 Å². The fourth-order valence-electron chi connectivity index (χ4n) is 4.14. The number of anilines is 2. The molecule has 0 saturated carbocycles. The molecule has 8 heteroatoms. The molecule has 0 aromatic heterocycles. The maximum atomic E-state index is 13.3. The molecular weight excluding hydrogens is 508 g/mol. The lowest BCUT2D eigenvalue weighted by molar-refractivity contribution is -0.117. The highest BCUT2D eigenvalue weighted by Gasteiger charge is 2.25. The quantitative estimate of drug-likeness (QED) is 0.251. The van der Waals surface area contributed by atoms with Gasteiger partial charge in [-0.05, 0) is 68.3 Å².